The number of nitrogens with one attached hydrogen (secondary N) is 2. The van der Waals surface area contributed by atoms with Gasteiger partial charge in [-0.3, -0.25) is 0 Å². The zero-order chi connectivity index (χ0) is 13.1. The molecule has 0 spiro atoms. The standard InChI is InChI=1S/C16H18N2O/c1-19-16-5-3-2-4-15(16)18-14-7-6-12-8-9-17-11-13(12)10-14/h2-7,10,17-18H,8-9,11H2,1H3. The Labute approximate surface area is 113 Å². The molecule has 0 unspecified atom stereocenters. The van der Waals surface area contributed by atoms with Gasteiger partial charge in [0.05, 0.1) is 12.8 Å². The highest BCUT2D eigenvalue weighted by Gasteiger charge is 2.09. The molecule has 0 aromatic heterocycles. The molecule has 0 amide bonds. The molecular weight excluding hydrogens is 236 g/mol. The summed E-state index contributed by atoms with van der Waals surface area (Å²) in [6.45, 7) is 2.03. The first-order chi connectivity index (χ1) is 9.36. The minimum Gasteiger partial charge on any atom is -0.495 e. The fourth-order valence-corrected chi connectivity index (χ4v) is 2.46. The van der Waals surface area contributed by atoms with Crippen LogP contribution in [0, 0.1) is 0 Å². The molecule has 0 aliphatic carbocycles. The van der Waals surface area contributed by atoms with Gasteiger partial charge in [0, 0.05) is 12.2 Å². The predicted octanol–water partition coefficient (Wildman–Crippen LogP) is 3.08. The normalized spacial score (nSPS) is 13.7. The number of ether oxygens (including phenoxy) is 1. The van der Waals surface area contributed by atoms with E-state index in [4.69, 9.17) is 4.74 Å². The summed E-state index contributed by atoms with van der Waals surface area (Å²) >= 11 is 0. The SMILES string of the molecule is COc1ccccc1Nc1ccc2c(c1)CNCC2. The summed E-state index contributed by atoms with van der Waals surface area (Å²) in [6, 6.07) is 14.5. The molecule has 1 heterocycles. The lowest BCUT2D eigenvalue weighted by molar-refractivity contribution is 0.417. The van der Waals surface area contributed by atoms with Gasteiger partial charge in [0.1, 0.15) is 5.75 Å². The van der Waals surface area contributed by atoms with Gasteiger partial charge >= 0.3 is 0 Å². The summed E-state index contributed by atoms with van der Waals surface area (Å²) < 4.78 is 5.36. The highest BCUT2D eigenvalue weighted by molar-refractivity contribution is 5.67. The number of rotatable bonds is 3. The summed E-state index contributed by atoms with van der Waals surface area (Å²) in [5.41, 5.74) is 4.93. The van der Waals surface area contributed by atoms with Crippen LogP contribution >= 0.6 is 0 Å². The van der Waals surface area contributed by atoms with E-state index in [2.05, 4.69) is 28.8 Å². The molecule has 3 heteroatoms. The van der Waals surface area contributed by atoms with Crippen molar-refractivity contribution >= 4 is 11.4 Å². The second-order valence-corrected chi connectivity index (χ2v) is 4.74. The molecule has 98 valence electrons. The number of methoxy groups -OCH3 is 1. The van der Waals surface area contributed by atoms with Crippen molar-refractivity contribution in [3.63, 3.8) is 0 Å². The van der Waals surface area contributed by atoms with Crippen LogP contribution in [-0.2, 0) is 13.0 Å². The molecule has 3 rings (SSSR count). The maximum absolute atomic E-state index is 5.36. The van der Waals surface area contributed by atoms with Gasteiger partial charge in [0.25, 0.3) is 0 Å². The first-order valence-electron chi connectivity index (χ1n) is 6.59. The van der Waals surface area contributed by atoms with Gasteiger partial charge in [0.2, 0.25) is 0 Å². The monoisotopic (exact) mass is 254 g/mol. The zero-order valence-electron chi connectivity index (χ0n) is 11.1. The molecule has 0 atom stereocenters. The Morgan fingerprint density at radius 3 is 2.89 bits per heavy atom. The molecule has 0 saturated carbocycles. The van der Waals surface area contributed by atoms with Crippen molar-refractivity contribution in [2.45, 2.75) is 13.0 Å². The van der Waals surface area contributed by atoms with E-state index < -0.39 is 0 Å². The first-order valence-corrected chi connectivity index (χ1v) is 6.59. The second-order valence-electron chi connectivity index (χ2n) is 4.74. The molecule has 0 radical (unpaired) electrons. The Morgan fingerprint density at radius 2 is 2.00 bits per heavy atom. The first kappa shape index (κ1) is 12.1. The Hall–Kier alpha value is -2.00. The minimum atomic E-state index is 0.860. The maximum atomic E-state index is 5.36. The Morgan fingerprint density at radius 1 is 1.11 bits per heavy atom. The van der Waals surface area contributed by atoms with Crippen molar-refractivity contribution < 1.29 is 4.74 Å². The van der Waals surface area contributed by atoms with Crippen molar-refractivity contribution in [2.24, 2.45) is 0 Å². The molecule has 2 aromatic rings. The molecule has 0 saturated heterocycles. The number of para-hydroxylation sites is 2. The van der Waals surface area contributed by atoms with Crippen LogP contribution in [0.2, 0.25) is 0 Å². The van der Waals surface area contributed by atoms with E-state index in [0.717, 1.165) is 36.6 Å². The number of fused-ring (bicyclic) bond motifs is 1. The Kier molecular flexibility index (Phi) is 3.38. The number of hydrogen-bond donors (Lipinski definition) is 2. The summed E-state index contributed by atoms with van der Waals surface area (Å²) in [5, 5.41) is 6.82. The van der Waals surface area contributed by atoms with Crippen LogP contribution in [0.3, 0.4) is 0 Å². The molecule has 19 heavy (non-hydrogen) atoms. The quantitative estimate of drug-likeness (QED) is 0.883. The third-order valence-electron chi connectivity index (χ3n) is 3.48. The third-order valence-corrected chi connectivity index (χ3v) is 3.48. The van der Waals surface area contributed by atoms with Gasteiger partial charge in [-0.1, -0.05) is 18.2 Å². The van der Waals surface area contributed by atoms with Gasteiger partial charge < -0.3 is 15.4 Å². The van der Waals surface area contributed by atoms with Crippen molar-refractivity contribution in [1.29, 1.82) is 0 Å². The largest absolute Gasteiger partial charge is 0.495 e. The predicted molar refractivity (Wildman–Crippen MR) is 78.1 cm³/mol. The smallest absolute Gasteiger partial charge is 0.142 e. The average Bonchev–Trinajstić information content (AvgIpc) is 2.48. The molecule has 1 aliphatic rings. The molecule has 0 fully saturated rings. The Balaban J connectivity index is 1.87. The van der Waals surface area contributed by atoms with Crippen LogP contribution in [0.25, 0.3) is 0 Å². The van der Waals surface area contributed by atoms with Crippen LogP contribution in [0.1, 0.15) is 11.1 Å². The molecular formula is C16H18N2O. The van der Waals surface area contributed by atoms with E-state index in [0.29, 0.717) is 0 Å². The van der Waals surface area contributed by atoms with Gasteiger partial charge in [-0.2, -0.15) is 0 Å². The lowest BCUT2D eigenvalue weighted by Gasteiger charge is -2.18. The van der Waals surface area contributed by atoms with Crippen molar-refractivity contribution in [3.05, 3.63) is 53.6 Å². The molecule has 2 aromatic carbocycles. The maximum Gasteiger partial charge on any atom is 0.142 e. The average molecular weight is 254 g/mol. The van der Waals surface area contributed by atoms with Crippen LogP contribution in [0.5, 0.6) is 5.75 Å². The summed E-state index contributed by atoms with van der Waals surface area (Å²) in [6.07, 6.45) is 1.12. The van der Waals surface area contributed by atoms with Gasteiger partial charge in [-0.05, 0) is 48.4 Å². The van der Waals surface area contributed by atoms with E-state index >= 15 is 0 Å². The van der Waals surface area contributed by atoms with Gasteiger partial charge in [0.15, 0.2) is 0 Å². The van der Waals surface area contributed by atoms with E-state index in [-0.39, 0.29) is 0 Å². The lowest BCUT2D eigenvalue weighted by Crippen LogP contribution is -2.23. The summed E-state index contributed by atoms with van der Waals surface area (Å²) in [7, 11) is 1.69. The van der Waals surface area contributed by atoms with Crippen LogP contribution in [0.15, 0.2) is 42.5 Å². The summed E-state index contributed by atoms with van der Waals surface area (Å²) in [4.78, 5) is 0. The van der Waals surface area contributed by atoms with Crippen LogP contribution < -0.4 is 15.4 Å². The molecule has 2 N–H and O–H groups in total. The van der Waals surface area contributed by atoms with Crippen molar-refractivity contribution in [3.8, 4) is 5.75 Å². The van der Waals surface area contributed by atoms with Crippen LogP contribution in [0.4, 0.5) is 11.4 Å². The fraction of sp³-hybridized carbons (Fsp3) is 0.250. The van der Waals surface area contributed by atoms with Gasteiger partial charge in [-0.15, -0.1) is 0 Å². The zero-order valence-corrected chi connectivity index (χ0v) is 11.1. The van der Waals surface area contributed by atoms with Crippen molar-refractivity contribution in [2.75, 3.05) is 19.0 Å². The number of benzene rings is 2. The number of anilines is 2. The van der Waals surface area contributed by atoms with Crippen LogP contribution in [-0.4, -0.2) is 13.7 Å². The fourth-order valence-electron chi connectivity index (χ4n) is 2.46. The van der Waals surface area contributed by atoms with E-state index in [1.54, 1.807) is 7.11 Å². The molecule has 1 aliphatic heterocycles. The van der Waals surface area contributed by atoms with Crippen molar-refractivity contribution in [1.82, 2.24) is 5.32 Å². The molecule has 0 bridgehead atoms. The highest BCUT2D eigenvalue weighted by atomic mass is 16.5. The van der Waals surface area contributed by atoms with Gasteiger partial charge in [-0.25, -0.2) is 0 Å². The lowest BCUT2D eigenvalue weighted by atomic mass is 10.0. The van der Waals surface area contributed by atoms with E-state index in [1.807, 2.05) is 24.3 Å². The minimum absolute atomic E-state index is 0.860. The highest BCUT2D eigenvalue weighted by Crippen LogP contribution is 2.28. The van der Waals surface area contributed by atoms with E-state index in [9.17, 15) is 0 Å². The third kappa shape index (κ3) is 2.56. The Bertz CT molecular complexity index is 581. The topological polar surface area (TPSA) is 33.3 Å². The molecule has 3 nitrogen and oxygen atoms in total. The summed E-state index contributed by atoms with van der Waals surface area (Å²) in [5.74, 6) is 0.860. The number of hydrogen-bond acceptors (Lipinski definition) is 3. The van der Waals surface area contributed by atoms with E-state index in [1.165, 1.54) is 11.1 Å². The second kappa shape index (κ2) is 5.33.